The van der Waals surface area contributed by atoms with Crippen LogP contribution in [0.25, 0.3) is 22.6 Å². The Morgan fingerprint density at radius 3 is 1.60 bits per heavy atom. The fraction of sp³-hybridized carbons (Fsp3) is 0.111. The fourth-order valence-corrected chi connectivity index (χ4v) is 3.42. The van der Waals surface area contributed by atoms with E-state index in [-0.39, 0.29) is 11.3 Å². The van der Waals surface area contributed by atoms with E-state index in [0.29, 0.717) is 22.6 Å². The highest BCUT2D eigenvalue weighted by atomic mass is 16.3. The lowest BCUT2D eigenvalue weighted by molar-refractivity contribution is 0.103. The predicted molar refractivity (Wildman–Crippen MR) is 118 cm³/mol. The van der Waals surface area contributed by atoms with E-state index in [4.69, 9.17) is 4.42 Å². The number of nitriles is 1. The van der Waals surface area contributed by atoms with Crippen molar-refractivity contribution in [3.05, 3.63) is 106 Å². The molecule has 0 aliphatic carbocycles. The number of carbonyl (C=O) groups excluding carboxylic acids is 1. The lowest BCUT2D eigenvalue weighted by Crippen LogP contribution is -2.04. The van der Waals surface area contributed by atoms with Crippen molar-refractivity contribution < 1.29 is 9.21 Å². The predicted octanol–water partition coefficient (Wildman–Crippen LogP) is 6.64. The fourth-order valence-electron chi connectivity index (χ4n) is 3.42. The number of nitrogens with zero attached hydrogens (tertiary/aromatic N) is 1. The number of rotatable bonds is 4. The second kappa shape index (κ2) is 7.85. The van der Waals surface area contributed by atoms with Gasteiger partial charge in [-0.2, -0.15) is 5.26 Å². The summed E-state index contributed by atoms with van der Waals surface area (Å²) in [5.74, 6) is 0.625. The average molecular weight is 391 g/mol. The average Bonchev–Trinajstić information content (AvgIpc) is 3.14. The molecular weight excluding hydrogens is 370 g/mol. The lowest BCUT2D eigenvalue weighted by Gasteiger charge is -2.04. The molecule has 30 heavy (non-hydrogen) atoms. The molecule has 0 aliphatic rings. The largest absolute Gasteiger partial charge is 0.454 e. The van der Waals surface area contributed by atoms with Crippen molar-refractivity contribution in [1.29, 1.82) is 5.26 Å². The van der Waals surface area contributed by atoms with Crippen LogP contribution in [0.15, 0.2) is 77.2 Å². The Morgan fingerprint density at radius 2 is 1.13 bits per heavy atom. The molecule has 0 N–H and O–H groups in total. The Morgan fingerprint density at radius 1 is 0.700 bits per heavy atom. The van der Waals surface area contributed by atoms with Crippen molar-refractivity contribution >= 4 is 5.78 Å². The van der Waals surface area contributed by atoms with Gasteiger partial charge in [0, 0.05) is 16.7 Å². The first-order valence-corrected chi connectivity index (χ1v) is 9.80. The first-order valence-electron chi connectivity index (χ1n) is 9.80. The van der Waals surface area contributed by atoms with Crippen LogP contribution in [0.2, 0.25) is 0 Å². The quantitative estimate of drug-likeness (QED) is 0.366. The second-order valence-corrected chi connectivity index (χ2v) is 7.55. The van der Waals surface area contributed by atoms with Gasteiger partial charge >= 0.3 is 0 Å². The lowest BCUT2D eigenvalue weighted by atomic mass is 9.94. The summed E-state index contributed by atoms with van der Waals surface area (Å²) in [6, 6.07) is 25.1. The molecule has 0 radical (unpaired) electrons. The van der Waals surface area contributed by atoms with Crippen LogP contribution in [0, 0.1) is 32.1 Å². The van der Waals surface area contributed by atoms with E-state index >= 15 is 0 Å². The molecule has 0 atom stereocenters. The topological polar surface area (TPSA) is 54.0 Å². The number of aryl methyl sites for hydroxylation is 3. The van der Waals surface area contributed by atoms with Crippen LogP contribution in [0.5, 0.6) is 0 Å². The molecule has 1 heterocycles. The summed E-state index contributed by atoms with van der Waals surface area (Å²) in [6.07, 6.45) is 0. The third kappa shape index (κ3) is 3.56. The van der Waals surface area contributed by atoms with Crippen LogP contribution in [0.3, 0.4) is 0 Å². The minimum absolute atomic E-state index is 0.218. The van der Waals surface area contributed by atoms with Crippen LogP contribution in [0.4, 0.5) is 0 Å². The number of carbonyl (C=O) groups is 1. The highest BCUT2D eigenvalue weighted by molar-refractivity contribution is 6.14. The molecule has 0 saturated carbocycles. The van der Waals surface area contributed by atoms with Crippen molar-refractivity contribution in [2.24, 2.45) is 0 Å². The van der Waals surface area contributed by atoms with Crippen LogP contribution < -0.4 is 0 Å². The summed E-state index contributed by atoms with van der Waals surface area (Å²) in [7, 11) is 0. The highest BCUT2D eigenvalue weighted by Crippen LogP contribution is 2.38. The summed E-state index contributed by atoms with van der Waals surface area (Å²) >= 11 is 0. The van der Waals surface area contributed by atoms with E-state index in [1.54, 1.807) is 12.1 Å². The summed E-state index contributed by atoms with van der Waals surface area (Å²) < 4.78 is 6.21. The Bertz CT molecular complexity index is 1250. The molecule has 4 rings (SSSR count). The van der Waals surface area contributed by atoms with E-state index in [0.717, 1.165) is 27.8 Å². The van der Waals surface area contributed by atoms with Gasteiger partial charge in [-0.1, -0.05) is 89.5 Å². The van der Waals surface area contributed by atoms with Gasteiger partial charge in [0.1, 0.15) is 17.4 Å². The van der Waals surface area contributed by atoms with Crippen molar-refractivity contribution in [3.8, 4) is 28.7 Å². The van der Waals surface area contributed by atoms with Crippen LogP contribution in [0.1, 0.15) is 38.2 Å². The molecule has 0 spiro atoms. The molecule has 1 aromatic heterocycles. The summed E-state index contributed by atoms with van der Waals surface area (Å²) in [6.45, 7) is 5.98. The SMILES string of the molecule is Cc1ccc(C(=O)c2c(-c3ccc(C)cc3)oc(-c3ccc(C)cc3)c2C#N)cc1. The monoisotopic (exact) mass is 391 g/mol. The molecule has 3 aromatic carbocycles. The number of furan rings is 1. The first kappa shape index (κ1) is 19.4. The minimum atomic E-state index is -0.218. The number of ketones is 1. The van der Waals surface area contributed by atoms with Gasteiger partial charge in [0.2, 0.25) is 0 Å². The molecule has 4 aromatic rings. The zero-order valence-electron chi connectivity index (χ0n) is 17.2. The minimum Gasteiger partial charge on any atom is -0.454 e. The van der Waals surface area contributed by atoms with E-state index in [2.05, 4.69) is 6.07 Å². The normalized spacial score (nSPS) is 10.6. The smallest absolute Gasteiger partial charge is 0.198 e. The summed E-state index contributed by atoms with van der Waals surface area (Å²) in [4.78, 5) is 13.5. The maximum absolute atomic E-state index is 13.5. The standard InChI is InChI=1S/C27H21NO2/c1-17-4-10-20(11-5-17)25(29)24-23(16-28)26(21-12-6-18(2)7-13-21)30-27(24)22-14-8-19(3)9-15-22/h4-15H,1-3H3. The van der Waals surface area contributed by atoms with E-state index < -0.39 is 0 Å². The van der Waals surface area contributed by atoms with Crippen LogP contribution >= 0.6 is 0 Å². The van der Waals surface area contributed by atoms with Gasteiger partial charge < -0.3 is 4.42 Å². The highest BCUT2D eigenvalue weighted by Gasteiger charge is 2.28. The molecular formula is C27H21NO2. The molecule has 146 valence electrons. The Balaban J connectivity index is 1.97. The van der Waals surface area contributed by atoms with E-state index in [1.165, 1.54) is 0 Å². The van der Waals surface area contributed by atoms with Crippen molar-refractivity contribution in [2.45, 2.75) is 20.8 Å². The third-order valence-corrected chi connectivity index (χ3v) is 5.19. The Kier molecular flexibility index (Phi) is 5.08. The number of benzene rings is 3. The van der Waals surface area contributed by atoms with Gasteiger partial charge in [0.05, 0.1) is 5.56 Å². The zero-order valence-corrected chi connectivity index (χ0v) is 17.2. The van der Waals surface area contributed by atoms with Gasteiger partial charge in [-0.05, 0) is 20.8 Å². The van der Waals surface area contributed by atoms with Gasteiger partial charge in [-0.15, -0.1) is 0 Å². The molecule has 0 amide bonds. The molecule has 0 aliphatic heterocycles. The molecule has 0 bridgehead atoms. The number of hydrogen-bond donors (Lipinski definition) is 0. The first-order chi connectivity index (χ1) is 14.5. The second-order valence-electron chi connectivity index (χ2n) is 7.55. The van der Waals surface area contributed by atoms with Crippen LogP contribution in [-0.4, -0.2) is 5.78 Å². The zero-order chi connectivity index (χ0) is 21.3. The maximum atomic E-state index is 13.5. The summed E-state index contributed by atoms with van der Waals surface area (Å²) in [5, 5.41) is 10.00. The van der Waals surface area contributed by atoms with Gasteiger partial charge in [0.15, 0.2) is 11.5 Å². The van der Waals surface area contributed by atoms with Crippen molar-refractivity contribution in [1.82, 2.24) is 0 Å². The molecule has 0 fully saturated rings. The molecule has 3 heteroatoms. The van der Waals surface area contributed by atoms with E-state index in [9.17, 15) is 10.1 Å². The number of hydrogen-bond acceptors (Lipinski definition) is 3. The molecule has 0 unspecified atom stereocenters. The molecule has 0 saturated heterocycles. The van der Waals surface area contributed by atoms with Gasteiger partial charge in [-0.3, -0.25) is 4.79 Å². The van der Waals surface area contributed by atoms with E-state index in [1.807, 2.05) is 81.4 Å². The van der Waals surface area contributed by atoms with Crippen molar-refractivity contribution in [3.63, 3.8) is 0 Å². The molecule has 3 nitrogen and oxygen atoms in total. The van der Waals surface area contributed by atoms with Crippen molar-refractivity contribution in [2.75, 3.05) is 0 Å². The Hall–Kier alpha value is -3.90. The van der Waals surface area contributed by atoms with Gasteiger partial charge in [-0.25, -0.2) is 0 Å². The van der Waals surface area contributed by atoms with Crippen LogP contribution in [-0.2, 0) is 0 Å². The maximum Gasteiger partial charge on any atom is 0.198 e. The third-order valence-electron chi connectivity index (χ3n) is 5.19. The van der Waals surface area contributed by atoms with Gasteiger partial charge in [0.25, 0.3) is 0 Å². The Labute approximate surface area is 176 Å². The summed E-state index contributed by atoms with van der Waals surface area (Å²) in [5.41, 5.74) is 5.93.